The molecule has 2 rings (SSSR count). The van der Waals surface area contributed by atoms with Crippen molar-refractivity contribution in [2.24, 2.45) is 5.16 Å². The first-order valence-electron chi connectivity index (χ1n) is 6.95. The monoisotopic (exact) mass is 298 g/mol. The van der Waals surface area contributed by atoms with E-state index in [9.17, 15) is 4.79 Å². The van der Waals surface area contributed by atoms with Crippen molar-refractivity contribution >= 4 is 17.8 Å². The zero-order valence-corrected chi connectivity index (χ0v) is 12.4. The lowest BCUT2D eigenvalue weighted by Gasteiger charge is -2.04. The molecule has 0 aromatic heterocycles. The van der Waals surface area contributed by atoms with Gasteiger partial charge in [-0.1, -0.05) is 35.5 Å². The van der Waals surface area contributed by atoms with Crippen molar-refractivity contribution in [3.63, 3.8) is 0 Å². The van der Waals surface area contributed by atoms with Gasteiger partial charge < -0.3 is 14.9 Å². The van der Waals surface area contributed by atoms with Crippen LogP contribution < -0.4 is 10.1 Å². The number of rotatable bonds is 7. The molecule has 1 amide bonds. The van der Waals surface area contributed by atoms with E-state index in [1.165, 1.54) is 6.92 Å². The lowest BCUT2D eigenvalue weighted by molar-refractivity contribution is -0.114. The molecule has 0 aliphatic rings. The van der Waals surface area contributed by atoms with Gasteiger partial charge in [0.25, 0.3) is 0 Å². The number of oxime groups is 1. The predicted molar refractivity (Wildman–Crippen MR) is 86.2 cm³/mol. The molecular weight excluding hydrogens is 280 g/mol. The molecule has 114 valence electrons. The molecule has 22 heavy (non-hydrogen) atoms. The molecule has 2 aromatic carbocycles. The van der Waals surface area contributed by atoms with E-state index in [2.05, 4.69) is 10.5 Å². The highest BCUT2D eigenvalue weighted by atomic mass is 16.6. The molecule has 2 aromatic rings. The van der Waals surface area contributed by atoms with E-state index >= 15 is 0 Å². The van der Waals surface area contributed by atoms with Gasteiger partial charge in [-0.25, -0.2) is 0 Å². The minimum atomic E-state index is -0.0943. The van der Waals surface area contributed by atoms with Crippen LogP contribution in [0, 0.1) is 0 Å². The largest absolute Gasteiger partial charge is 0.490 e. The summed E-state index contributed by atoms with van der Waals surface area (Å²) in [5.41, 5.74) is 1.64. The van der Waals surface area contributed by atoms with Crippen LogP contribution in [-0.4, -0.2) is 25.3 Å². The van der Waals surface area contributed by atoms with Crippen LogP contribution in [0.5, 0.6) is 5.75 Å². The number of amides is 1. The molecule has 0 unspecified atom stereocenters. The minimum absolute atomic E-state index is 0.0943. The molecular formula is C17H18N2O3. The van der Waals surface area contributed by atoms with E-state index in [4.69, 9.17) is 9.57 Å². The number of benzene rings is 2. The summed E-state index contributed by atoms with van der Waals surface area (Å²) < 4.78 is 5.47. The van der Waals surface area contributed by atoms with Crippen LogP contribution in [0.3, 0.4) is 0 Å². The SMILES string of the molecule is CC(=O)Nc1ccc(C=NOCCOc2ccccc2)cc1. The highest BCUT2D eigenvalue weighted by Crippen LogP contribution is 2.08. The summed E-state index contributed by atoms with van der Waals surface area (Å²) in [6, 6.07) is 16.8. The van der Waals surface area contributed by atoms with Gasteiger partial charge in [-0.05, 0) is 29.8 Å². The standard InChI is InChI=1S/C17H18N2O3/c1-14(20)19-16-9-7-15(8-10-16)13-18-22-12-11-21-17-5-3-2-4-6-17/h2-10,13H,11-12H2,1H3,(H,19,20). The topological polar surface area (TPSA) is 59.9 Å². The Morgan fingerprint density at radius 2 is 1.82 bits per heavy atom. The number of hydrogen-bond donors (Lipinski definition) is 1. The van der Waals surface area contributed by atoms with Crippen LogP contribution in [0.1, 0.15) is 12.5 Å². The maximum Gasteiger partial charge on any atom is 0.221 e. The molecule has 5 nitrogen and oxygen atoms in total. The number of para-hydroxylation sites is 1. The number of ether oxygens (including phenoxy) is 1. The third-order valence-electron chi connectivity index (χ3n) is 2.69. The van der Waals surface area contributed by atoms with Gasteiger partial charge in [-0.2, -0.15) is 0 Å². The Hall–Kier alpha value is -2.82. The van der Waals surface area contributed by atoms with Gasteiger partial charge in [0.15, 0.2) is 6.61 Å². The molecule has 0 saturated heterocycles. The number of nitrogens with zero attached hydrogens (tertiary/aromatic N) is 1. The van der Waals surface area contributed by atoms with Gasteiger partial charge in [0, 0.05) is 12.6 Å². The fraction of sp³-hybridized carbons (Fsp3) is 0.176. The van der Waals surface area contributed by atoms with E-state index in [-0.39, 0.29) is 5.91 Å². The molecule has 0 saturated carbocycles. The predicted octanol–water partition coefficient (Wildman–Crippen LogP) is 3.07. The normalized spacial score (nSPS) is 10.4. The molecule has 0 fully saturated rings. The summed E-state index contributed by atoms with van der Waals surface area (Å²) in [5.74, 6) is 0.715. The first kappa shape index (κ1) is 15.6. The lowest BCUT2D eigenvalue weighted by Crippen LogP contribution is -2.05. The van der Waals surface area contributed by atoms with E-state index in [1.54, 1.807) is 18.3 Å². The molecule has 0 bridgehead atoms. The van der Waals surface area contributed by atoms with Gasteiger partial charge in [0.1, 0.15) is 12.4 Å². The maximum atomic E-state index is 10.9. The first-order chi connectivity index (χ1) is 10.7. The van der Waals surface area contributed by atoms with Crippen molar-refractivity contribution in [3.8, 4) is 5.75 Å². The molecule has 0 aliphatic heterocycles. The van der Waals surface area contributed by atoms with Crippen molar-refractivity contribution in [2.45, 2.75) is 6.92 Å². The van der Waals surface area contributed by atoms with Gasteiger partial charge in [0.2, 0.25) is 5.91 Å². The summed E-state index contributed by atoms with van der Waals surface area (Å²) in [5, 5.41) is 6.57. The fourth-order valence-electron chi connectivity index (χ4n) is 1.72. The van der Waals surface area contributed by atoms with Crippen LogP contribution in [-0.2, 0) is 9.63 Å². The van der Waals surface area contributed by atoms with Gasteiger partial charge >= 0.3 is 0 Å². The van der Waals surface area contributed by atoms with Crippen LogP contribution in [0.2, 0.25) is 0 Å². The van der Waals surface area contributed by atoms with Gasteiger partial charge in [-0.15, -0.1) is 0 Å². The lowest BCUT2D eigenvalue weighted by atomic mass is 10.2. The summed E-state index contributed by atoms with van der Waals surface area (Å²) in [7, 11) is 0. The molecule has 0 heterocycles. The van der Waals surface area contributed by atoms with E-state index < -0.39 is 0 Å². The number of hydrogen-bond acceptors (Lipinski definition) is 4. The van der Waals surface area contributed by atoms with Crippen LogP contribution >= 0.6 is 0 Å². The fourth-order valence-corrected chi connectivity index (χ4v) is 1.72. The molecule has 5 heteroatoms. The average molecular weight is 298 g/mol. The Morgan fingerprint density at radius 3 is 2.50 bits per heavy atom. The van der Waals surface area contributed by atoms with E-state index in [1.807, 2.05) is 42.5 Å². The summed E-state index contributed by atoms with van der Waals surface area (Å²) in [6.45, 7) is 2.28. The Labute approximate surface area is 129 Å². The zero-order chi connectivity index (χ0) is 15.6. The molecule has 0 atom stereocenters. The summed E-state index contributed by atoms with van der Waals surface area (Å²) in [6.07, 6.45) is 1.61. The van der Waals surface area contributed by atoms with Crippen LogP contribution in [0.4, 0.5) is 5.69 Å². The Morgan fingerprint density at radius 1 is 1.09 bits per heavy atom. The van der Waals surface area contributed by atoms with Crippen LogP contribution in [0.15, 0.2) is 59.8 Å². The van der Waals surface area contributed by atoms with Crippen molar-refractivity contribution < 1.29 is 14.4 Å². The minimum Gasteiger partial charge on any atom is -0.490 e. The highest BCUT2D eigenvalue weighted by molar-refractivity contribution is 5.89. The van der Waals surface area contributed by atoms with Gasteiger partial charge in [0.05, 0.1) is 6.21 Å². The third kappa shape index (κ3) is 5.66. The molecule has 1 N–H and O–H groups in total. The second-order valence-corrected chi connectivity index (χ2v) is 4.53. The molecule has 0 aliphatic carbocycles. The Kier molecular flexibility index (Phi) is 5.99. The van der Waals surface area contributed by atoms with Gasteiger partial charge in [-0.3, -0.25) is 4.79 Å². The van der Waals surface area contributed by atoms with Crippen LogP contribution in [0.25, 0.3) is 0 Å². The van der Waals surface area contributed by atoms with E-state index in [0.717, 1.165) is 17.0 Å². The third-order valence-corrected chi connectivity index (χ3v) is 2.69. The second kappa shape index (κ2) is 8.46. The smallest absolute Gasteiger partial charge is 0.221 e. The zero-order valence-electron chi connectivity index (χ0n) is 12.4. The van der Waals surface area contributed by atoms with Crippen molar-refractivity contribution in [1.82, 2.24) is 0 Å². The number of carbonyl (C=O) groups is 1. The second-order valence-electron chi connectivity index (χ2n) is 4.53. The first-order valence-corrected chi connectivity index (χ1v) is 6.95. The maximum absolute atomic E-state index is 10.9. The highest BCUT2D eigenvalue weighted by Gasteiger charge is 1.95. The number of nitrogens with one attached hydrogen (secondary N) is 1. The molecule has 0 spiro atoms. The quantitative estimate of drug-likeness (QED) is 0.485. The van der Waals surface area contributed by atoms with Crippen molar-refractivity contribution in [2.75, 3.05) is 18.5 Å². The summed E-state index contributed by atoms with van der Waals surface area (Å²) in [4.78, 5) is 16.0. The number of carbonyl (C=O) groups excluding carboxylic acids is 1. The van der Waals surface area contributed by atoms with E-state index in [0.29, 0.717) is 13.2 Å². The van der Waals surface area contributed by atoms with Crippen molar-refractivity contribution in [3.05, 3.63) is 60.2 Å². The Bertz CT molecular complexity index is 610. The number of anilines is 1. The summed E-state index contributed by atoms with van der Waals surface area (Å²) >= 11 is 0. The molecule has 0 radical (unpaired) electrons. The average Bonchev–Trinajstić information content (AvgIpc) is 2.53. The Balaban J connectivity index is 1.68. The van der Waals surface area contributed by atoms with Crippen molar-refractivity contribution in [1.29, 1.82) is 0 Å².